The van der Waals surface area contributed by atoms with E-state index in [1.165, 1.54) is 0 Å². The number of rotatable bonds is 7. The van der Waals surface area contributed by atoms with Gasteiger partial charge in [0.05, 0.1) is 0 Å². The van der Waals surface area contributed by atoms with Crippen molar-refractivity contribution in [2.24, 2.45) is 0 Å². The molecule has 21 heavy (non-hydrogen) atoms. The van der Waals surface area contributed by atoms with Gasteiger partial charge in [-0.15, -0.1) is 0 Å². The maximum atomic E-state index is 12.3. The Kier molecular flexibility index (Phi) is 5.82. The van der Waals surface area contributed by atoms with E-state index in [1.807, 2.05) is 18.9 Å². The number of aliphatic carboxylic acids is 1. The molecule has 1 rings (SSSR count). The molecule has 122 valence electrons. The molecule has 1 aliphatic rings. The van der Waals surface area contributed by atoms with Gasteiger partial charge >= 0.3 is 18.2 Å². The molecular weight excluding hydrogens is 291 g/mol. The third kappa shape index (κ3) is 6.65. The zero-order chi connectivity index (χ0) is 16.2. The Morgan fingerprint density at radius 3 is 2.38 bits per heavy atom. The standard InChI is InChI=1S/C12H20F3N3O3/c1-8(17(2)9-3-4-9)5-16-11(21)18(6-10(19)20)7-12(13,14)15/h8-9H,3-7H2,1-2H3,(H,16,21)(H,19,20). The fraction of sp³-hybridized carbons (Fsp3) is 0.833. The van der Waals surface area contributed by atoms with E-state index in [9.17, 15) is 22.8 Å². The number of halogens is 3. The molecule has 0 aromatic heterocycles. The van der Waals surface area contributed by atoms with Crippen molar-refractivity contribution in [1.29, 1.82) is 0 Å². The van der Waals surface area contributed by atoms with Crippen molar-refractivity contribution in [3.8, 4) is 0 Å². The Hall–Kier alpha value is -1.51. The normalized spacial score (nSPS) is 16.7. The molecule has 0 radical (unpaired) electrons. The van der Waals surface area contributed by atoms with Gasteiger partial charge in [0.25, 0.3) is 0 Å². The first-order valence-corrected chi connectivity index (χ1v) is 6.63. The van der Waals surface area contributed by atoms with Crippen molar-refractivity contribution in [2.45, 2.75) is 38.0 Å². The molecule has 6 nitrogen and oxygen atoms in total. The predicted molar refractivity (Wildman–Crippen MR) is 68.9 cm³/mol. The summed E-state index contributed by atoms with van der Waals surface area (Å²) in [6.07, 6.45) is -2.48. The summed E-state index contributed by atoms with van der Waals surface area (Å²) in [7, 11) is 1.89. The monoisotopic (exact) mass is 311 g/mol. The van der Waals surface area contributed by atoms with Gasteiger partial charge in [0.15, 0.2) is 0 Å². The van der Waals surface area contributed by atoms with Gasteiger partial charge in [-0.2, -0.15) is 13.2 Å². The topological polar surface area (TPSA) is 72.9 Å². The summed E-state index contributed by atoms with van der Waals surface area (Å²) in [6, 6.07) is -0.591. The lowest BCUT2D eigenvalue weighted by Crippen LogP contribution is -2.50. The summed E-state index contributed by atoms with van der Waals surface area (Å²) in [5.74, 6) is -1.49. The van der Waals surface area contributed by atoms with Gasteiger partial charge in [0.2, 0.25) is 0 Å². The maximum absolute atomic E-state index is 12.3. The molecule has 9 heteroatoms. The van der Waals surface area contributed by atoms with Crippen molar-refractivity contribution < 1.29 is 27.9 Å². The molecule has 0 spiro atoms. The Balaban J connectivity index is 2.48. The summed E-state index contributed by atoms with van der Waals surface area (Å²) >= 11 is 0. The first-order valence-electron chi connectivity index (χ1n) is 6.63. The first-order chi connectivity index (χ1) is 9.60. The highest BCUT2D eigenvalue weighted by Gasteiger charge is 2.34. The summed E-state index contributed by atoms with van der Waals surface area (Å²) in [5, 5.41) is 10.9. The van der Waals surface area contributed by atoms with E-state index in [1.54, 1.807) is 0 Å². The summed E-state index contributed by atoms with van der Waals surface area (Å²) in [4.78, 5) is 24.5. The lowest BCUT2D eigenvalue weighted by atomic mass is 10.3. The van der Waals surface area contributed by atoms with Crippen molar-refractivity contribution in [2.75, 3.05) is 26.7 Å². The SMILES string of the molecule is CC(CNC(=O)N(CC(=O)O)CC(F)(F)F)N(C)C1CC1. The summed E-state index contributed by atoms with van der Waals surface area (Å²) in [5.41, 5.74) is 0. The molecule has 2 N–H and O–H groups in total. The van der Waals surface area contributed by atoms with Crippen LogP contribution in [0.2, 0.25) is 0 Å². The van der Waals surface area contributed by atoms with E-state index >= 15 is 0 Å². The van der Waals surface area contributed by atoms with Gasteiger partial charge < -0.3 is 15.3 Å². The van der Waals surface area contributed by atoms with Gasteiger partial charge in [0, 0.05) is 18.6 Å². The van der Waals surface area contributed by atoms with E-state index in [-0.39, 0.29) is 17.5 Å². The molecule has 1 aliphatic carbocycles. The van der Waals surface area contributed by atoms with E-state index in [4.69, 9.17) is 5.11 Å². The van der Waals surface area contributed by atoms with Crippen molar-refractivity contribution in [3.63, 3.8) is 0 Å². The minimum atomic E-state index is -4.64. The van der Waals surface area contributed by atoms with Crippen LogP contribution in [0.4, 0.5) is 18.0 Å². The predicted octanol–water partition coefficient (Wildman–Crippen LogP) is 1.13. The number of nitrogens with one attached hydrogen (secondary N) is 1. The molecule has 0 aromatic rings. The number of likely N-dealkylation sites (N-methyl/N-ethyl adjacent to an activating group) is 1. The minimum absolute atomic E-state index is 0.0287. The number of carbonyl (C=O) groups is 2. The van der Waals surface area contributed by atoms with Crippen molar-refractivity contribution in [1.82, 2.24) is 15.1 Å². The fourth-order valence-electron chi connectivity index (χ4n) is 1.91. The zero-order valence-corrected chi connectivity index (χ0v) is 12.0. The number of carbonyl (C=O) groups excluding carboxylic acids is 1. The van der Waals surface area contributed by atoms with Crippen molar-refractivity contribution in [3.05, 3.63) is 0 Å². The number of carboxylic acids is 1. The van der Waals surface area contributed by atoms with Crippen LogP contribution in [0.3, 0.4) is 0 Å². The van der Waals surface area contributed by atoms with Crippen LogP contribution in [0, 0.1) is 0 Å². The highest BCUT2D eigenvalue weighted by atomic mass is 19.4. The van der Waals surface area contributed by atoms with Crippen LogP contribution < -0.4 is 5.32 Å². The Labute approximate surface area is 120 Å². The Morgan fingerprint density at radius 1 is 1.38 bits per heavy atom. The average molecular weight is 311 g/mol. The lowest BCUT2D eigenvalue weighted by Gasteiger charge is -2.27. The van der Waals surface area contributed by atoms with E-state index in [2.05, 4.69) is 5.32 Å². The molecule has 0 aromatic carbocycles. The minimum Gasteiger partial charge on any atom is -0.480 e. The number of hydrogen-bond acceptors (Lipinski definition) is 3. The Bertz CT molecular complexity index is 386. The highest BCUT2D eigenvalue weighted by molar-refractivity contribution is 5.80. The molecule has 0 bridgehead atoms. The van der Waals surface area contributed by atoms with Crippen LogP contribution in [-0.2, 0) is 4.79 Å². The summed E-state index contributed by atoms with van der Waals surface area (Å²) in [6.45, 7) is -0.556. The molecular formula is C12H20F3N3O3. The maximum Gasteiger partial charge on any atom is 0.406 e. The van der Waals surface area contributed by atoms with Gasteiger partial charge in [-0.3, -0.25) is 9.69 Å². The van der Waals surface area contributed by atoms with Crippen LogP contribution in [-0.4, -0.2) is 71.8 Å². The number of alkyl halides is 3. The van der Waals surface area contributed by atoms with Gasteiger partial charge in [-0.25, -0.2) is 4.79 Å². The second-order valence-electron chi connectivity index (χ2n) is 5.30. The quantitative estimate of drug-likeness (QED) is 0.739. The molecule has 0 saturated heterocycles. The van der Waals surface area contributed by atoms with Crippen LogP contribution in [0.15, 0.2) is 0 Å². The molecule has 1 unspecified atom stereocenters. The smallest absolute Gasteiger partial charge is 0.406 e. The number of carboxylic acid groups (broad SMARTS) is 1. The van der Waals surface area contributed by atoms with Crippen LogP contribution in [0.25, 0.3) is 0 Å². The van der Waals surface area contributed by atoms with Gasteiger partial charge in [0.1, 0.15) is 13.1 Å². The Morgan fingerprint density at radius 2 is 1.95 bits per heavy atom. The molecule has 1 saturated carbocycles. The van der Waals surface area contributed by atoms with Crippen LogP contribution >= 0.6 is 0 Å². The zero-order valence-electron chi connectivity index (χ0n) is 12.0. The molecule has 0 aliphatic heterocycles. The fourth-order valence-corrected chi connectivity index (χ4v) is 1.91. The average Bonchev–Trinajstić information content (AvgIpc) is 3.15. The third-order valence-electron chi connectivity index (χ3n) is 3.35. The number of urea groups is 1. The number of nitrogens with zero attached hydrogens (tertiary/aromatic N) is 2. The summed E-state index contributed by atoms with van der Waals surface area (Å²) < 4.78 is 37.0. The van der Waals surface area contributed by atoms with Crippen molar-refractivity contribution >= 4 is 12.0 Å². The largest absolute Gasteiger partial charge is 0.480 e. The second kappa shape index (κ2) is 6.97. The number of amides is 2. The van der Waals surface area contributed by atoms with Crippen LogP contribution in [0.1, 0.15) is 19.8 Å². The molecule has 1 fully saturated rings. The van der Waals surface area contributed by atoms with Gasteiger partial charge in [-0.1, -0.05) is 0 Å². The third-order valence-corrected chi connectivity index (χ3v) is 3.35. The van der Waals surface area contributed by atoms with E-state index in [0.29, 0.717) is 6.04 Å². The molecule has 0 heterocycles. The highest BCUT2D eigenvalue weighted by Crippen LogP contribution is 2.26. The lowest BCUT2D eigenvalue weighted by molar-refractivity contribution is -0.148. The van der Waals surface area contributed by atoms with E-state index < -0.39 is 31.3 Å². The molecule has 2 amide bonds. The van der Waals surface area contributed by atoms with Crippen LogP contribution in [0.5, 0.6) is 0 Å². The number of hydrogen-bond donors (Lipinski definition) is 2. The van der Waals surface area contributed by atoms with Gasteiger partial charge in [-0.05, 0) is 26.8 Å². The second-order valence-corrected chi connectivity index (χ2v) is 5.30. The van der Waals surface area contributed by atoms with E-state index in [0.717, 1.165) is 12.8 Å². The first kappa shape index (κ1) is 17.5. The molecule has 1 atom stereocenters.